The fourth-order valence-electron chi connectivity index (χ4n) is 1.31. The number of rotatable bonds is 4. The molecule has 0 aromatic carbocycles. The number of hydroxylamine groups is 1. The van der Waals surface area contributed by atoms with Crippen LogP contribution in [0, 0.1) is 13.8 Å². The molecule has 5 heteroatoms. The van der Waals surface area contributed by atoms with Crippen molar-refractivity contribution in [1.29, 1.82) is 0 Å². The van der Waals surface area contributed by atoms with Crippen molar-refractivity contribution in [3.8, 4) is 0 Å². The summed E-state index contributed by atoms with van der Waals surface area (Å²) in [5.74, 6) is -0.308. The molecule has 0 aliphatic rings. The standard InChI is InChI=1S/C10H14ClNO2S/c1-4-14-12(9(13)5-11)10-7(2)6-15-8(10)3/h6H,4-5H2,1-3H3. The number of halogens is 1. The smallest absolute Gasteiger partial charge is 0.265 e. The van der Waals surface area contributed by atoms with Crippen molar-refractivity contribution in [2.45, 2.75) is 20.8 Å². The summed E-state index contributed by atoms with van der Waals surface area (Å²) in [4.78, 5) is 17.9. The molecule has 1 heterocycles. The van der Waals surface area contributed by atoms with Gasteiger partial charge in [-0.2, -0.15) is 5.06 Å². The molecule has 1 aromatic heterocycles. The second kappa shape index (κ2) is 5.49. The quantitative estimate of drug-likeness (QED) is 0.605. The second-order valence-electron chi connectivity index (χ2n) is 3.06. The molecule has 84 valence electrons. The van der Waals surface area contributed by atoms with Crippen molar-refractivity contribution in [1.82, 2.24) is 0 Å². The lowest BCUT2D eigenvalue weighted by molar-refractivity contribution is -0.123. The summed E-state index contributed by atoms with van der Waals surface area (Å²) < 4.78 is 0. The summed E-state index contributed by atoms with van der Waals surface area (Å²) in [7, 11) is 0. The lowest BCUT2D eigenvalue weighted by Gasteiger charge is -2.21. The molecule has 1 aromatic rings. The van der Waals surface area contributed by atoms with Gasteiger partial charge in [0.05, 0.1) is 12.3 Å². The largest absolute Gasteiger partial charge is 0.271 e. The highest BCUT2D eigenvalue weighted by Gasteiger charge is 2.20. The first-order chi connectivity index (χ1) is 7.11. The van der Waals surface area contributed by atoms with Crippen LogP contribution in [-0.4, -0.2) is 18.4 Å². The number of hydrogen-bond donors (Lipinski definition) is 0. The lowest BCUT2D eigenvalue weighted by atomic mass is 10.3. The van der Waals surface area contributed by atoms with Crippen LogP contribution >= 0.6 is 22.9 Å². The molecule has 0 bridgehead atoms. The number of amides is 1. The van der Waals surface area contributed by atoms with Gasteiger partial charge in [0.25, 0.3) is 5.91 Å². The minimum Gasteiger partial charge on any atom is -0.271 e. The molecule has 0 fully saturated rings. The Morgan fingerprint density at radius 3 is 2.67 bits per heavy atom. The van der Waals surface area contributed by atoms with Crippen molar-refractivity contribution in [2.24, 2.45) is 0 Å². The molecule has 0 spiro atoms. The van der Waals surface area contributed by atoms with Gasteiger partial charge in [-0.25, -0.2) is 0 Å². The van der Waals surface area contributed by atoms with Gasteiger partial charge in [0.15, 0.2) is 0 Å². The Kier molecular flexibility index (Phi) is 4.57. The van der Waals surface area contributed by atoms with E-state index >= 15 is 0 Å². The average Bonchev–Trinajstić information content (AvgIpc) is 2.55. The summed E-state index contributed by atoms with van der Waals surface area (Å²) in [6.45, 7) is 6.19. The van der Waals surface area contributed by atoms with Gasteiger partial charge in [-0.1, -0.05) is 0 Å². The Balaban J connectivity index is 3.03. The Morgan fingerprint density at radius 1 is 1.60 bits per heavy atom. The van der Waals surface area contributed by atoms with E-state index in [1.807, 2.05) is 26.2 Å². The summed E-state index contributed by atoms with van der Waals surface area (Å²) >= 11 is 7.13. The first-order valence-corrected chi connectivity index (χ1v) is 6.09. The second-order valence-corrected chi connectivity index (χ2v) is 4.41. The van der Waals surface area contributed by atoms with Gasteiger partial charge in [-0.3, -0.25) is 9.63 Å². The number of thiophene rings is 1. The average molecular weight is 248 g/mol. The number of carbonyl (C=O) groups excluding carboxylic acids is 1. The molecular formula is C10H14ClNO2S. The highest BCUT2D eigenvalue weighted by molar-refractivity contribution is 7.10. The van der Waals surface area contributed by atoms with Gasteiger partial charge in [0, 0.05) is 4.88 Å². The minimum absolute atomic E-state index is 0.0747. The fourth-order valence-corrected chi connectivity index (χ4v) is 2.24. The van der Waals surface area contributed by atoms with Crippen molar-refractivity contribution >= 4 is 34.5 Å². The molecule has 0 atom stereocenters. The zero-order valence-electron chi connectivity index (χ0n) is 9.04. The normalized spacial score (nSPS) is 10.4. The predicted molar refractivity (Wildman–Crippen MR) is 63.6 cm³/mol. The molecule has 15 heavy (non-hydrogen) atoms. The third-order valence-corrected chi connectivity index (χ3v) is 3.17. The van der Waals surface area contributed by atoms with E-state index in [-0.39, 0.29) is 11.8 Å². The molecule has 0 aliphatic carbocycles. The maximum atomic E-state index is 11.6. The van der Waals surface area contributed by atoms with E-state index in [2.05, 4.69) is 0 Å². The Labute approximate surface area is 98.6 Å². The molecule has 1 rings (SSSR count). The monoisotopic (exact) mass is 247 g/mol. The van der Waals surface area contributed by atoms with Crippen LogP contribution in [0.5, 0.6) is 0 Å². The Hall–Kier alpha value is -0.580. The SMILES string of the molecule is CCON(C(=O)CCl)c1c(C)csc1C. The van der Waals surface area contributed by atoms with E-state index in [0.29, 0.717) is 6.61 Å². The van der Waals surface area contributed by atoms with Crippen LogP contribution in [-0.2, 0) is 9.63 Å². The maximum Gasteiger partial charge on any atom is 0.265 e. The molecule has 0 saturated heterocycles. The fraction of sp³-hybridized carbons (Fsp3) is 0.500. The van der Waals surface area contributed by atoms with E-state index in [4.69, 9.17) is 16.4 Å². The number of carbonyl (C=O) groups is 1. The molecule has 0 radical (unpaired) electrons. The van der Waals surface area contributed by atoms with Crippen LogP contribution in [0.25, 0.3) is 0 Å². The summed E-state index contributed by atoms with van der Waals surface area (Å²) in [6.07, 6.45) is 0. The topological polar surface area (TPSA) is 29.5 Å². The third kappa shape index (κ3) is 2.71. The van der Waals surface area contributed by atoms with E-state index in [0.717, 1.165) is 16.1 Å². The molecule has 0 unspecified atom stereocenters. The van der Waals surface area contributed by atoms with Crippen LogP contribution in [0.1, 0.15) is 17.4 Å². The van der Waals surface area contributed by atoms with Crippen molar-refractivity contribution in [3.63, 3.8) is 0 Å². The van der Waals surface area contributed by atoms with Gasteiger partial charge in [0.1, 0.15) is 5.88 Å². The van der Waals surface area contributed by atoms with Crippen molar-refractivity contribution in [2.75, 3.05) is 17.6 Å². The van der Waals surface area contributed by atoms with Crippen LogP contribution in [0.3, 0.4) is 0 Å². The number of nitrogens with zero attached hydrogens (tertiary/aromatic N) is 1. The molecule has 3 nitrogen and oxygen atoms in total. The van der Waals surface area contributed by atoms with Gasteiger partial charge in [0.2, 0.25) is 0 Å². The maximum absolute atomic E-state index is 11.6. The highest BCUT2D eigenvalue weighted by Crippen LogP contribution is 2.30. The Morgan fingerprint density at radius 2 is 2.27 bits per heavy atom. The number of hydrogen-bond acceptors (Lipinski definition) is 3. The van der Waals surface area contributed by atoms with Crippen LogP contribution < -0.4 is 5.06 Å². The number of aryl methyl sites for hydroxylation is 2. The molecular weight excluding hydrogens is 234 g/mol. The summed E-state index contributed by atoms with van der Waals surface area (Å²) in [6, 6.07) is 0. The van der Waals surface area contributed by atoms with Crippen LogP contribution in [0.2, 0.25) is 0 Å². The summed E-state index contributed by atoms with van der Waals surface area (Å²) in [5, 5.41) is 3.30. The lowest BCUT2D eigenvalue weighted by Crippen LogP contribution is -2.32. The zero-order valence-corrected chi connectivity index (χ0v) is 10.6. The van der Waals surface area contributed by atoms with E-state index in [1.165, 1.54) is 5.06 Å². The highest BCUT2D eigenvalue weighted by atomic mass is 35.5. The Bertz CT molecular complexity index is 332. The van der Waals surface area contributed by atoms with E-state index < -0.39 is 0 Å². The number of anilines is 1. The van der Waals surface area contributed by atoms with Crippen molar-refractivity contribution in [3.05, 3.63) is 15.8 Å². The third-order valence-electron chi connectivity index (χ3n) is 1.92. The van der Waals surface area contributed by atoms with Gasteiger partial charge in [-0.05, 0) is 31.7 Å². The molecule has 0 aliphatic heterocycles. The molecule has 0 N–H and O–H groups in total. The number of alkyl halides is 1. The van der Waals surface area contributed by atoms with Gasteiger partial charge >= 0.3 is 0 Å². The predicted octanol–water partition coefficient (Wildman–Crippen LogP) is 2.89. The van der Waals surface area contributed by atoms with E-state index in [9.17, 15) is 4.79 Å². The van der Waals surface area contributed by atoms with Crippen LogP contribution in [0.15, 0.2) is 5.38 Å². The summed E-state index contributed by atoms with van der Waals surface area (Å²) in [5.41, 5.74) is 1.86. The van der Waals surface area contributed by atoms with Gasteiger partial charge < -0.3 is 0 Å². The first-order valence-electron chi connectivity index (χ1n) is 4.68. The van der Waals surface area contributed by atoms with Crippen molar-refractivity contribution < 1.29 is 9.63 Å². The van der Waals surface area contributed by atoms with E-state index in [1.54, 1.807) is 11.3 Å². The first kappa shape index (κ1) is 12.5. The molecule has 0 saturated carbocycles. The van der Waals surface area contributed by atoms with Gasteiger partial charge in [-0.15, -0.1) is 22.9 Å². The zero-order chi connectivity index (χ0) is 11.4. The minimum atomic E-state index is -0.233. The molecule has 1 amide bonds. The van der Waals surface area contributed by atoms with Crippen LogP contribution in [0.4, 0.5) is 5.69 Å².